The molecule has 0 aliphatic carbocycles. The van der Waals surface area contributed by atoms with Crippen LogP contribution in [0, 0.1) is 23.7 Å². The minimum absolute atomic E-state index is 0.168. The summed E-state index contributed by atoms with van der Waals surface area (Å²) < 4.78 is 0. The lowest BCUT2D eigenvalue weighted by Gasteiger charge is -2.24. The van der Waals surface area contributed by atoms with E-state index in [4.69, 9.17) is 0 Å². The van der Waals surface area contributed by atoms with Crippen molar-refractivity contribution in [3.8, 4) is 0 Å². The summed E-state index contributed by atoms with van der Waals surface area (Å²) in [7, 11) is 0. The molecular formula is C16H26O8. The summed E-state index contributed by atoms with van der Waals surface area (Å²) in [6, 6.07) is 0. The number of rotatable bonds is 13. The first-order valence-electron chi connectivity index (χ1n) is 8.08. The van der Waals surface area contributed by atoms with Gasteiger partial charge in [-0.2, -0.15) is 0 Å². The molecule has 0 bridgehead atoms. The molecule has 0 aliphatic rings. The van der Waals surface area contributed by atoms with Gasteiger partial charge >= 0.3 is 23.9 Å². The standard InChI is InChI=1S/C16H26O8/c1-3-5-9(13(17)18)11(15(21)22)7-8-12(16(23)24)10(6-4-2)14(19)20/h9-12H,3-8H2,1-2H3,(H,17,18)(H,19,20)(H,21,22)(H,23,24). The Hall–Kier alpha value is -2.12. The van der Waals surface area contributed by atoms with E-state index >= 15 is 0 Å². The van der Waals surface area contributed by atoms with Crippen molar-refractivity contribution < 1.29 is 39.6 Å². The lowest BCUT2D eigenvalue weighted by molar-refractivity contribution is -0.157. The summed E-state index contributed by atoms with van der Waals surface area (Å²) in [6.07, 6.45) is 0.934. The molecule has 0 heterocycles. The van der Waals surface area contributed by atoms with Gasteiger partial charge in [0.1, 0.15) is 0 Å². The molecular weight excluding hydrogens is 320 g/mol. The van der Waals surface area contributed by atoms with Gasteiger partial charge in [0.15, 0.2) is 0 Å². The largest absolute Gasteiger partial charge is 0.481 e. The Morgan fingerprint density at radius 2 is 0.750 bits per heavy atom. The second kappa shape index (κ2) is 10.6. The van der Waals surface area contributed by atoms with Crippen molar-refractivity contribution in [3.63, 3.8) is 0 Å². The fourth-order valence-corrected chi connectivity index (χ4v) is 2.97. The fourth-order valence-electron chi connectivity index (χ4n) is 2.97. The van der Waals surface area contributed by atoms with Crippen LogP contribution in [0.4, 0.5) is 0 Å². The third-order valence-corrected chi connectivity index (χ3v) is 4.23. The minimum atomic E-state index is -1.30. The average molecular weight is 346 g/mol. The quantitative estimate of drug-likeness (QED) is 0.396. The van der Waals surface area contributed by atoms with E-state index in [9.17, 15) is 39.6 Å². The normalized spacial score (nSPS) is 15.9. The molecule has 0 radical (unpaired) electrons. The van der Waals surface area contributed by atoms with Crippen LogP contribution in [0.5, 0.6) is 0 Å². The van der Waals surface area contributed by atoms with Crippen LogP contribution in [-0.2, 0) is 19.2 Å². The van der Waals surface area contributed by atoms with E-state index in [1.165, 1.54) is 0 Å². The molecule has 0 amide bonds. The van der Waals surface area contributed by atoms with Crippen molar-refractivity contribution in [2.75, 3.05) is 0 Å². The Bertz CT molecular complexity index is 417. The van der Waals surface area contributed by atoms with Crippen LogP contribution < -0.4 is 0 Å². The van der Waals surface area contributed by atoms with E-state index < -0.39 is 47.5 Å². The van der Waals surface area contributed by atoms with Crippen molar-refractivity contribution in [1.29, 1.82) is 0 Å². The molecule has 0 rings (SSSR count). The Labute approximate surface area is 140 Å². The number of carboxylic acids is 4. The van der Waals surface area contributed by atoms with E-state index in [0.717, 1.165) is 0 Å². The molecule has 8 nitrogen and oxygen atoms in total. The second-order valence-corrected chi connectivity index (χ2v) is 5.93. The van der Waals surface area contributed by atoms with Crippen molar-refractivity contribution in [1.82, 2.24) is 0 Å². The third-order valence-electron chi connectivity index (χ3n) is 4.23. The van der Waals surface area contributed by atoms with Crippen molar-refractivity contribution in [2.24, 2.45) is 23.7 Å². The molecule has 4 atom stereocenters. The van der Waals surface area contributed by atoms with Crippen LogP contribution in [0.15, 0.2) is 0 Å². The summed E-state index contributed by atoms with van der Waals surface area (Å²) in [4.78, 5) is 45.4. The molecule has 0 saturated carbocycles. The maximum Gasteiger partial charge on any atom is 0.307 e. The topological polar surface area (TPSA) is 149 Å². The van der Waals surface area contributed by atoms with Gasteiger partial charge in [0.05, 0.1) is 23.7 Å². The number of carboxylic acid groups (broad SMARTS) is 4. The van der Waals surface area contributed by atoms with E-state index in [2.05, 4.69) is 0 Å². The average Bonchev–Trinajstić information content (AvgIpc) is 2.47. The Kier molecular flexibility index (Phi) is 9.68. The highest BCUT2D eigenvalue weighted by molar-refractivity contribution is 5.81. The van der Waals surface area contributed by atoms with E-state index in [1.54, 1.807) is 13.8 Å². The summed E-state index contributed by atoms with van der Waals surface area (Å²) in [5.41, 5.74) is 0. The molecule has 4 unspecified atom stereocenters. The molecule has 0 aromatic carbocycles. The van der Waals surface area contributed by atoms with Gasteiger partial charge in [-0.3, -0.25) is 19.2 Å². The molecule has 24 heavy (non-hydrogen) atoms. The number of hydrogen-bond acceptors (Lipinski definition) is 4. The van der Waals surface area contributed by atoms with Gasteiger partial charge in [-0.1, -0.05) is 26.7 Å². The predicted octanol–water partition coefficient (Wildman–Crippen LogP) is 2.17. The maximum atomic E-state index is 11.4. The van der Waals surface area contributed by atoms with Gasteiger partial charge in [0.25, 0.3) is 0 Å². The summed E-state index contributed by atoms with van der Waals surface area (Å²) in [5, 5.41) is 37.0. The lowest BCUT2D eigenvalue weighted by atomic mass is 9.79. The summed E-state index contributed by atoms with van der Waals surface area (Å²) in [5.74, 6) is -9.78. The molecule has 0 fully saturated rings. The van der Waals surface area contributed by atoms with Crippen molar-refractivity contribution in [3.05, 3.63) is 0 Å². The first-order chi connectivity index (χ1) is 11.2. The second-order valence-electron chi connectivity index (χ2n) is 5.93. The minimum Gasteiger partial charge on any atom is -0.481 e. The Balaban J connectivity index is 5.26. The van der Waals surface area contributed by atoms with Crippen LogP contribution >= 0.6 is 0 Å². The third kappa shape index (κ3) is 6.55. The van der Waals surface area contributed by atoms with Crippen LogP contribution in [0.1, 0.15) is 52.4 Å². The smallest absolute Gasteiger partial charge is 0.307 e. The van der Waals surface area contributed by atoms with Gasteiger partial charge in [0.2, 0.25) is 0 Å². The van der Waals surface area contributed by atoms with E-state index in [0.29, 0.717) is 12.8 Å². The van der Waals surface area contributed by atoms with Crippen LogP contribution in [0.25, 0.3) is 0 Å². The fraction of sp³-hybridized carbons (Fsp3) is 0.750. The number of carbonyl (C=O) groups is 4. The molecule has 8 heteroatoms. The zero-order chi connectivity index (χ0) is 18.9. The molecule has 0 aromatic rings. The Morgan fingerprint density at radius 1 is 0.542 bits per heavy atom. The zero-order valence-corrected chi connectivity index (χ0v) is 14.0. The highest BCUT2D eigenvalue weighted by atomic mass is 16.4. The lowest BCUT2D eigenvalue weighted by Crippen LogP contribution is -2.34. The molecule has 4 N–H and O–H groups in total. The molecule has 138 valence electrons. The summed E-state index contributed by atoms with van der Waals surface area (Å²) in [6.45, 7) is 3.47. The van der Waals surface area contributed by atoms with E-state index in [1.807, 2.05) is 0 Å². The molecule has 0 aliphatic heterocycles. The van der Waals surface area contributed by atoms with Crippen LogP contribution in [0.2, 0.25) is 0 Å². The first kappa shape index (κ1) is 21.9. The van der Waals surface area contributed by atoms with Crippen LogP contribution in [0.3, 0.4) is 0 Å². The SMILES string of the molecule is CCCC(C(=O)O)C(CCC(C(=O)O)C(CCC)C(=O)O)C(=O)O. The number of hydrogen-bond donors (Lipinski definition) is 4. The monoisotopic (exact) mass is 346 g/mol. The predicted molar refractivity (Wildman–Crippen MR) is 83.6 cm³/mol. The van der Waals surface area contributed by atoms with Crippen molar-refractivity contribution >= 4 is 23.9 Å². The van der Waals surface area contributed by atoms with Gasteiger partial charge in [-0.15, -0.1) is 0 Å². The molecule has 0 spiro atoms. The van der Waals surface area contributed by atoms with Crippen LogP contribution in [-0.4, -0.2) is 44.3 Å². The highest BCUT2D eigenvalue weighted by Crippen LogP contribution is 2.29. The van der Waals surface area contributed by atoms with Gasteiger partial charge < -0.3 is 20.4 Å². The summed E-state index contributed by atoms with van der Waals surface area (Å²) >= 11 is 0. The number of aliphatic carboxylic acids is 4. The van der Waals surface area contributed by atoms with Gasteiger partial charge in [0, 0.05) is 0 Å². The highest BCUT2D eigenvalue weighted by Gasteiger charge is 2.37. The molecule has 0 aromatic heterocycles. The Morgan fingerprint density at radius 3 is 0.917 bits per heavy atom. The maximum absolute atomic E-state index is 11.4. The van der Waals surface area contributed by atoms with E-state index in [-0.39, 0.29) is 25.7 Å². The first-order valence-corrected chi connectivity index (χ1v) is 8.08. The van der Waals surface area contributed by atoms with Gasteiger partial charge in [-0.25, -0.2) is 0 Å². The molecule has 0 saturated heterocycles. The zero-order valence-electron chi connectivity index (χ0n) is 14.0. The van der Waals surface area contributed by atoms with Gasteiger partial charge in [-0.05, 0) is 25.7 Å². The van der Waals surface area contributed by atoms with Crippen molar-refractivity contribution in [2.45, 2.75) is 52.4 Å².